The Kier molecular flexibility index (Phi) is 3.38. The Bertz CT molecular complexity index is 603. The van der Waals surface area contributed by atoms with Crippen LogP contribution in [0.4, 0.5) is 0 Å². The summed E-state index contributed by atoms with van der Waals surface area (Å²) in [6.45, 7) is 5.08. The molecule has 1 N–H and O–H groups in total. The van der Waals surface area contributed by atoms with Gasteiger partial charge in [-0.3, -0.25) is 4.99 Å². The molecule has 0 aromatic rings. The van der Waals surface area contributed by atoms with Crippen LogP contribution in [-0.2, 0) is 0 Å². The number of aliphatic hydroxyl groups excluding tert-OH is 1. The molecule has 5 aliphatic carbocycles. The lowest BCUT2D eigenvalue weighted by molar-refractivity contribution is -0.0209. The number of aliphatic hydroxyl groups is 1. The first-order chi connectivity index (χ1) is 11.5. The van der Waals surface area contributed by atoms with Crippen LogP contribution in [0.3, 0.4) is 0 Å². The van der Waals surface area contributed by atoms with Gasteiger partial charge in [-0.05, 0) is 87.4 Å². The van der Waals surface area contributed by atoms with Gasteiger partial charge in [0, 0.05) is 11.1 Å². The molecule has 0 aromatic heterocycles. The quantitative estimate of drug-likeness (QED) is 0.682. The Morgan fingerprint density at radius 1 is 1.00 bits per heavy atom. The van der Waals surface area contributed by atoms with Gasteiger partial charge in [-0.15, -0.1) is 0 Å². The maximum Gasteiger partial charge on any atom is 0.0577 e. The molecule has 4 fully saturated rings. The first-order valence-corrected chi connectivity index (χ1v) is 10.5. The van der Waals surface area contributed by atoms with E-state index in [-0.39, 0.29) is 6.10 Å². The highest BCUT2D eigenvalue weighted by Crippen LogP contribution is 2.64. The molecule has 0 aliphatic heterocycles. The third kappa shape index (κ3) is 2.14. The second-order valence-corrected chi connectivity index (χ2v) is 9.96. The van der Waals surface area contributed by atoms with Crippen LogP contribution in [0.2, 0.25) is 0 Å². The molecular formula is C22H33NO. The van der Waals surface area contributed by atoms with Crippen LogP contribution in [0, 0.1) is 28.6 Å². The van der Waals surface area contributed by atoms with Crippen molar-refractivity contribution in [1.82, 2.24) is 0 Å². The summed E-state index contributed by atoms with van der Waals surface area (Å²) >= 11 is 0. The third-order valence-corrected chi connectivity index (χ3v) is 8.70. The van der Waals surface area contributed by atoms with Gasteiger partial charge in [0.1, 0.15) is 0 Å². The summed E-state index contributed by atoms with van der Waals surface area (Å²) in [5, 5.41) is 10.1. The standard InChI is InChI=1S/C22H33NO/c1-21-11-9-16(24)13-14(21)3-6-17-18-7-8-20(23-15-4-5-15)22(18,2)12-10-19(17)21/h3,15-19,24H,4-13H2,1-2H3/b23-20-/t16-,17-,18-,19-,21-,22-/m0/s1. The van der Waals surface area contributed by atoms with Gasteiger partial charge in [-0.1, -0.05) is 25.5 Å². The number of hydrogen-bond donors (Lipinski definition) is 1. The summed E-state index contributed by atoms with van der Waals surface area (Å²) in [6.07, 6.45) is 14.9. The van der Waals surface area contributed by atoms with E-state index in [0.717, 1.165) is 30.6 Å². The molecule has 0 unspecified atom stereocenters. The fourth-order valence-corrected chi connectivity index (χ4v) is 7.07. The average molecular weight is 328 g/mol. The molecule has 24 heavy (non-hydrogen) atoms. The number of hydrogen-bond acceptors (Lipinski definition) is 2. The van der Waals surface area contributed by atoms with Crippen molar-refractivity contribution >= 4 is 5.71 Å². The minimum atomic E-state index is -0.0847. The summed E-state index contributed by atoms with van der Waals surface area (Å²) < 4.78 is 0. The fraction of sp³-hybridized carbons (Fsp3) is 0.864. The Morgan fingerprint density at radius 3 is 2.54 bits per heavy atom. The normalized spacial score (nSPS) is 52.5. The lowest BCUT2D eigenvalue weighted by Crippen LogP contribution is -2.50. The van der Waals surface area contributed by atoms with Crippen LogP contribution in [0.5, 0.6) is 0 Å². The van der Waals surface area contributed by atoms with Crippen molar-refractivity contribution in [1.29, 1.82) is 0 Å². The van der Waals surface area contributed by atoms with Crippen LogP contribution in [0.1, 0.15) is 78.1 Å². The molecule has 0 radical (unpaired) electrons. The largest absolute Gasteiger partial charge is 0.393 e. The summed E-state index contributed by atoms with van der Waals surface area (Å²) in [6, 6.07) is 0.684. The molecule has 5 rings (SSSR count). The summed E-state index contributed by atoms with van der Waals surface area (Å²) in [4.78, 5) is 5.16. The van der Waals surface area contributed by atoms with E-state index in [9.17, 15) is 5.11 Å². The average Bonchev–Trinajstić information content (AvgIpc) is 3.31. The van der Waals surface area contributed by atoms with E-state index in [1.54, 1.807) is 11.3 Å². The fourth-order valence-electron chi connectivity index (χ4n) is 7.07. The van der Waals surface area contributed by atoms with E-state index in [1.165, 1.54) is 51.4 Å². The van der Waals surface area contributed by atoms with Crippen molar-refractivity contribution in [2.45, 2.75) is 90.2 Å². The Labute approximate surface area is 146 Å². The molecule has 2 nitrogen and oxygen atoms in total. The Morgan fingerprint density at radius 2 is 1.75 bits per heavy atom. The topological polar surface area (TPSA) is 32.6 Å². The number of rotatable bonds is 1. The maximum atomic E-state index is 10.1. The molecule has 2 heteroatoms. The van der Waals surface area contributed by atoms with Crippen molar-refractivity contribution in [3.63, 3.8) is 0 Å². The highest BCUT2D eigenvalue weighted by molar-refractivity contribution is 5.92. The van der Waals surface area contributed by atoms with Crippen molar-refractivity contribution in [3.05, 3.63) is 11.6 Å². The molecule has 0 spiro atoms. The minimum absolute atomic E-state index is 0.0847. The van der Waals surface area contributed by atoms with Crippen LogP contribution in [0.15, 0.2) is 16.6 Å². The molecule has 0 amide bonds. The third-order valence-electron chi connectivity index (χ3n) is 8.70. The number of nitrogens with zero attached hydrogens (tertiary/aromatic N) is 1. The highest BCUT2D eigenvalue weighted by Gasteiger charge is 2.57. The van der Waals surface area contributed by atoms with Gasteiger partial charge >= 0.3 is 0 Å². The smallest absolute Gasteiger partial charge is 0.0577 e. The van der Waals surface area contributed by atoms with Crippen LogP contribution >= 0.6 is 0 Å². The summed E-state index contributed by atoms with van der Waals surface area (Å²) in [7, 11) is 0. The second-order valence-electron chi connectivity index (χ2n) is 9.96. The first kappa shape index (κ1) is 15.6. The van der Waals surface area contributed by atoms with E-state index < -0.39 is 0 Å². The van der Waals surface area contributed by atoms with Gasteiger partial charge in [0.05, 0.1) is 12.1 Å². The lowest BCUT2D eigenvalue weighted by Gasteiger charge is -2.57. The number of aliphatic imine (C=N–C) groups is 1. The second kappa shape index (κ2) is 5.19. The van der Waals surface area contributed by atoms with Crippen molar-refractivity contribution in [2.24, 2.45) is 33.6 Å². The monoisotopic (exact) mass is 327 g/mol. The molecule has 0 bridgehead atoms. The van der Waals surface area contributed by atoms with Crippen molar-refractivity contribution < 1.29 is 5.11 Å². The minimum Gasteiger partial charge on any atom is -0.393 e. The number of fused-ring (bicyclic) bond motifs is 5. The zero-order chi connectivity index (χ0) is 16.5. The van der Waals surface area contributed by atoms with Crippen molar-refractivity contribution in [3.8, 4) is 0 Å². The zero-order valence-corrected chi connectivity index (χ0v) is 15.4. The molecule has 0 saturated heterocycles. The molecular weight excluding hydrogens is 294 g/mol. The van der Waals surface area contributed by atoms with Gasteiger partial charge in [0.15, 0.2) is 0 Å². The first-order valence-electron chi connectivity index (χ1n) is 10.5. The molecule has 6 atom stereocenters. The zero-order valence-electron chi connectivity index (χ0n) is 15.4. The van der Waals surface area contributed by atoms with E-state index in [2.05, 4.69) is 19.9 Å². The van der Waals surface area contributed by atoms with Crippen LogP contribution in [-0.4, -0.2) is 23.0 Å². The van der Waals surface area contributed by atoms with Crippen LogP contribution in [0.25, 0.3) is 0 Å². The van der Waals surface area contributed by atoms with Gasteiger partial charge < -0.3 is 5.11 Å². The lowest BCUT2D eigenvalue weighted by atomic mass is 9.48. The Balaban J connectivity index is 1.46. The molecule has 5 aliphatic rings. The SMILES string of the molecule is C[C@]12CC[C@H](O)CC1=CC[C@@H]1[C@@H]2CC[C@]2(C)/C(=N\C3CC3)CC[C@@H]12. The van der Waals surface area contributed by atoms with Gasteiger partial charge in [-0.25, -0.2) is 0 Å². The number of allylic oxidation sites excluding steroid dienone is 1. The van der Waals surface area contributed by atoms with Crippen LogP contribution < -0.4 is 0 Å². The molecule has 132 valence electrons. The summed E-state index contributed by atoms with van der Waals surface area (Å²) in [5.74, 6) is 2.57. The highest BCUT2D eigenvalue weighted by atomic mass is 16.3. The van der Waals surface area contributed by atoms with Gasteiger partial charge in [0.2, 0.25) is 0 Å². The predicted octanol–water partition coefficient (Wildman–Crippen LogP) is 4.91. The predicted molar refractivity (Wildman–Crippen MR) is 98.2 cm³/mol. The molecule has 4 saturated carbocycles. The van der Waals surface area contributed by atoms with E-state index in [0.29, 0.717) is 16.9 Å². The maximum absolute atomic E-state index is 10.1. The van der Waals surface area contributed by atoms with Gasteiger partial charge in [-0.2, -0.15) is 0 Å². The van der Waals surface area contributed by atoms with Crippen molar-refractivity contribution in [2.75, 3.05) is 0 Å². The van der Waals surface area contributed by atoms with E-state index in [1.807, 2.05) is 0 Å². The Hall–Kier alpha value is -0.630. The molecule has 0 aromatic carbocycles. The summed E-state index contributed by atoms with van der Waals surface area (Å²) in [5.41, 5.74) is 3.96. The van der Waals surface area contributed by atoms with E-state index >= 15 is 0 Å². The van der Waals surface area contributed by atoms with E-state index in [4.69, 9.17) is 4.99 Å². The van der Waals surface area contributed by atoms with Gasteiger partial charge in [0.25, 0.3) is 0 Å². The molecule has 0 heterocycles.